The normalized spacial score (nSPS) is 15.6. The van der Waals surface area contributed by atoms with Crippen LogP contribution in [0.25, 0.3) is 0 Å². The first kappa shape index (κ1) is 16.5. The molecule has 120 valence electrons. The Morgan fingerprint density at radius 3 is 2.59 bits per heavy atom. The van der Waals surface area contributed by atoms with Gasteiger partial charge in [-0.3, -0.25) is 9.59 Å². The minimum Gasteiger partial charge on any atom is -0.381 e. The molecule has 0 aliphatic carbocycles. The summed E-state index contributed by atoms with van der Waals surface area (Å²) in [7, 11) is 1.71. The van der Waals surface area contributed by atoms with Crippen molar-refractivity contribution in [2.45, 2.75) is 32.3 Å². The van der Waals surface area contributed by atoms with E-state index in [9.17, 15) is 9.59 Å². The summed E-state index contributed by atoms with van der Waals surface area (Å²) in [5.41, 5.74) is 1.60. The van der Waals surface area contributed by atoms with Crippen LogP contribution in [0, 0.1) is 6.92 Å². The van der Waals surface area contributed by atoms with E-state index in [2.05, 4.69) is 5.32 Å². The van der Waals surface area contributed by atoms with Crippen molar-refractivity contribution >= 4 is 11.8 Å². The highest BCUT2D eigenvalue weighted by Crippen LogP contribution is 2.13. The van der Waals surface area contributed by atoms with Gasteiger partial charge < -0.3 is 15.0 Å². The molecule has 0 unspecified atom stereocenters. The third-order valence-electron chi connectivity index (χ3n) is 4.14. The van der Waals surface area contributed by atoms with Crippen LogP contribution >= 0.6 is 0 Å². The van der Waals surface area contributed by atoms with Gasteiger partial charge in [0, 0.05) is 38.7 Å². The van der Waals surface area contributed by atoms with Gasteiger partial charge in [-0.2, -0.15) is 0 Å². The maximum atomic E-state index is 12.1. The quantitative estimate of drug-likeness (QED) is 0.901. The zero-order chi connectivity index (χ0) is 15.9. The van der Waals surface area contributed by atoms with Gasteiger partial charge in [0.2, 0.25) is 5.91 Å². The van der Waals surface area contributed by atoms with E-state index in [0.29, 0.717) is 18.5 Å². The number of rotatable bonds is 5. The molecule has 0 saturated carbocycles. The summed E-state index contributed by atoms with van der Waals surface area (Å²) in [6, 6.07) is 7.44. The molecule has 1 heterocycles. The fourth-order valence-corrected chi connectivity index (χ4v) is 2.70. The number of aryl methyl sites for hydroxylation is 1. The lowest BCUT2D eigenvalue weighted by atomic mass is 10.1. The molecule has 0 aromatic heterocycles. The van der Waals surface area contributed by atoms with Crippen molar-refractivity contribution in [3.8, 4) is 0 Å². The largest absolute Gasteiger partial charge is 0.381 e. The summed E-state index contributed by atoms with van der Waals surface area (Å²) in [4.78, 5) is 26.0. The number of benzene rings is 1. The lowest BCUT2D eigenvalue weighted by molar-refractivity contribution is -0.133. The fraction of sp³-hybridized carbons (Fsp3) is 0.529. The molecule has 0 spiro atoms. The Kier molecular flexibility index (Phi) is 5.95. The number of nitrogens with one attached hydrogen (secondary N) is 1. The maximum absolute atomic E-state index is 12.1. The van der Waals surface area contributed by atoms with Gasteiger partial charge in [0.25, 0.3) is 5.91 Å². The summed E-state index contributed by atoms with van der Waals surface area (Å²) in [6.07, 6.45) is 2.38. The van der Waals surface area contributed by atoms with Gasteiger partial charge in [0.1, 0.15) is 0 Å². The van der Waals surface area contributed by atoms with Crippen molar-refractivity contribution in [3.63, 3.8) is 0 Å². The zero-order valence-electron chi connectivity index (χ0n) is 13.3. The molecular weight excluding hydrogens is 280 g/mol. The molecule has 22 heavy (non-hydrogen) atoms. The Morgan fingerprint density at radius 1 is 1.27 bits per heavy atom. The summed E-state index contributed by atoms with van der Waals surface area (Å²) in [5.74, 6) is -0.0244. The molecule has 1 saturated heterocycles. The first-order chi connectivity index (χ1) is 10.6. The van der Waals surface area contributed by atoms with Crippen LogP contribution in [0.5, 0.6) is 0 Å². The smallest absolute Gasteiger partial charge is 0.251 e. The highest BCUT2D eigenvalue weighted by atomic mass is 16.5. The van der Waals surface area contributed by atoms with E-state index in [-0.39, 0.29) is 17.9 Å². The lowest BCUT2D eigenvalue weighted by Gasteiger charge is -2.31. The SMILES string of the molecule is COC1CCN(C(=O)CCNC(=O)c2ccccc2C)CC1. The summed E-state index contributed by atoms with van der Waals surface area (Å²) >= 11 is 0. The van der Waals surface area contributed by atoms with Crippen molar-refractivity contribution in [3.05, 3.63) is 35.4 Å². The van der Waals surface area contributed by atoms with Gasteiger partial charge in [-0.15, -0.1) is 0 Å². The second-order valence-corrected chi connectivity index (χ2v) is 5.64. The minimum atomic E-state index is -0.121. The third-order valence-corrected chi connectivity index (χ3v) is 4.14. The predicted molar refractivity (Wildman–Crippen MR) is 84.7 cm³/mol. The van der Waals surface area contributed by atoms with Gasteiger partial charge in [-0.25, -0.2) is 0 Å². The molecule has 1 N–H and O–H groups in total. The van der Waals surface area contributed by atoms with Crippen LogP contribution < -0.4 is 5.32 Å². The predicted octanol–water partition coefficient (Wildman–Crippen LogP) is 1.75. The molecule has 5 heteroatoms. The third kappa shape index (κ3) is 4.31. The van der Waals surface area contributed by atoms with Gasteiger partial charge in [-0.05, 0) is 31.4 Å². The minimum absolute atomic E-state index is 0.0969. The van der Waals surface area contributed by atoms with Crippen LogP contribution in [0.1, 0.15) is 35.2 Å². The highest BCUT2D eigenvalue weighted by Gasteiger charge is 2.22. The standard InChI is InChI=1S/C17H24N2O3/c1-13-5-3-4-6-15(13)17(21)18-10-7-16(20)19-11-8-14(22-2)9-12-19/h3-6,14H,7-12H2,1-2H3,(H,18,21). The van der Waals surface area contributed by atoms with Crippen LogP contribution in [0.4, 0.5) is 0 Å². The average Bonchev–Trinajstić information content (AvgIpc) is 2.55. The number of amides is 2. The molecule has 1 aromatic rings. The number of ether oxygens (including phenoxy) is 1. The molecule has 1 aromatic carbocycles. The van der Waals surface area contributed by atoms with Gasteiger partial charge in [-0.1, -0.05) is 18.2 Å². The first-order valence-corrected chi connectivity index (χ1v) is 7.76. The number of hydrogen-bond acceptors (Lipinski definition) is 3. The van der Waals surface area contributed by atoms with Crippen LogP contribution in [0.3, 0.4) is 0 Å². The molecule has 1 aliphatic rings. The number of nitrogens with zero attached hydrogens (tertiary/aromatic N) is 1. The second-order valence-electron chi connectivity index (χ2n) is 5.64. The summed E-state index contributed by atoms with van der Waals surface area (Å²) in [6.45, 7) is 3.75. The zero-order valence-corrected chi connectivity index (χ0v) is 13.3. The van der Waals surface area contributed by atoms with Gasteiger partial charge in [0.15, 0.2) is 0 Å². The number of hydrogen-bond donors (Lipinski definition) is 1. The van der Waals surface area contributed by atoms with Crippen LogP contribution in [-0.2, 0) is 9.53 Å². The Morgan fingerprint density at radius 2 is 1.95 bits per heavy atom. The Balaban J connectivity index is 1.73. The Bertz CT molecular complexity index is 522. The highest BCUT2D eigenvalue weighted by molar-refractivity contribution is 5.95. The molecule has 0 radical (unpaired) electrons. The number of carbonyl (C=O) groups excluding carboxylic acids is 2. The van der Waals surface area contributed by atoms with Gasteiger partial charge >= 0.3 is 0 Å². The van der Waals surface area contributed by atoms with Crippen molar-refractivity contribution in [2.24, 2.45) is 0 Å². The molecule has 0 bridgehead atoms. The van der Waals surface area contributed by atoms with E-state index < -0.39 is 0 Å². The molecule has 1 fully saturated rings. The Hall–Kier alpha value is -1.88. The van der Waals surface area contributed by atoms with E-state index in [1.54, 1.807) is 13.2 Å². The Labute approximate surface area is 131 Å². The van der Waals surface area contributed by atoms with Crippen molar-refractivity contribution in [1.29, 1.82) is 0 Å². The molecular formula is C17H24N2O3. The molecule has 1 aliphatic heterocycles. The monoisotopic (exact) mass is 304 g/mol. The first-order valence-electron chi connectivity index (χ1n) is 7.76. The van der Waals surface area contributed by atoms with E-state index in [1.807, 2.05) is 30.0 Å². The number of carbonyl (C=O) groups is 2. The molecule has 5 nitrogen and oxygen atoms in total. The van der Waals surface area contributed by atoms with E-state index in [1.165, 1.54) is 0 Å². The second kappa shape index (κ2) is 7.94. The molecule has 2 amide bonds. The molecule has 2 rings (SSSR count). The lowest BCUT2D eigenvalue weighted by Crippen LogP contribution is -2.41. The van der Waals surface area contributed by atoms with Crippen LogP contribution in [0.2, 0.25) is 0 Å². The fourth-order valence-electron chi connectivity index (χ4n) is 2.70. The summed E-state index contributed by atoms with van der Waals surface area (Å²) < 4.78 is 5.30. The average molecular weight is 304 g/mol. The number of piperidine rings is 1. The van der Waals surface area contributed by atoms with Crippen LogP contribution in [0.15, 0.2) is 24.3 Å². The molecule has 0 atom stereocenters. The van der Waals surface area contributed by atoms with E-state index in [4.69, 9.17) is 4.74 Å². The number of methoxy groups -OCH3 is 1. The maximum Gasteiger partial charge on any atom is 0.251 e. The van der Waals surface area contributed by atoms with Gasteiger partial charge in [0.05, 0.1) is 6.10 Å². The van der Waals surface area contributed by atoms with E-state index >= 15 is 0 Å². The van der Waals surface area contributed by atoms with Crippen molar-refractivity contribution < 1.29 is 14.3 Å². The number of likely N-dealkylation sites (tertiary alicyclic amines) is 1. The summed E-state index contributed by atoms with van der Waals surface area (Å²) in [5, 5.41) is 2.82. The van der Waals surface area contributed by atoms with E-state index in [0.717, 1.165) is 31.5 Å². The topological polar surface area (TPSA) is 58.6 Å². The van der Waals surface area contributed by atoms with Crippen molar-refractivity contribution in [1.82, 2.24) is 10.2 Å². The van der Waals surface area contributed by atoms with Crippen molar-refractivity contribution in [2.75, 3.05) is 26.7 Å². The van der Waals surface area contributed by atoms with Crippen LogP contribution in [-0.4, -0.2) is 49.6 Å².